The number of benzene rings is 1. The van der Waals surface area contributed by atoms with Gasteiger partial charge in [-0.05, 0) is 12.5 Å². The minimum absolute atomic E-state index is 0. The van der Waals surface area contributed by atoms with Gasteiger partial charge >= 0.3 is 0 Å². The van der Waals surface area contributed by atoms with Gasteiger partial charge in [0.1, 0.15) is 26.4 Å². The lowest BCUT2D eigenvalue weighted by Crippen LogP contribution is -3.00. The number of quaternary nitrogens is 1. The topological polar surface area (TPSA) is 44.3 Å². The van der Waals surface area contributed by atoms with Crippen molar-refractivity contribution in [3.63, 3.8) is 0 Å². The Hall–Kier alpha value is -1.10. The molecule has 6 heteroatoms. The second kappa shape index (κ2) is 8.25. The van der Waals surface area contributed by atoms with E-state index in [1.165, 1.54) is 0 Å². The highest BCUT2D eigenvalue weighted by Gasteiger charge is 2.24. The summed E-state index contributed by atoms with van der Waals surface area (Å²) in [6, 6.07) is 1.86. The summed E-state index contributed by atoms with van der Waals surface area (Å²) in [6.45, 7) is 6.23. The van der Waals surface area contributed by atoms with Gasteiger partial charge < -0.3 is 31.9 Å². The summed E-state index contributed by atoms with van der Waals surface area (Å²) in [7, 11) is 1.99. The molecule has 0 saturated carbocycles. The summed E-state index contributed by atoms with van der Waals surface area (Å²) in [6.07, 6.45) is 2.50. The molecule has 2 N–H and O–H groups in total. The van der Waals surface area contributed by atoms with E-state index in [1.807, 2.05) is 24.5 Å². The first-order chi connectivity index (χ1) is 9.27. The van der Waals surface area contributed by atoms with Crippen LogP contribution in [0.2, 0.25) is 5.02 Å². The molecule has 0 bridgehead atoms. The van der Waals surface area contributed by atoms with Gasteiger partial charge in [-0.3, -0.25) is 0 Å². The largest absolute Gasteiger partial charge is 1.00 e. The van der Waals surface area contributed by atoms with Crippen molar-refractivity contribution < 1.29 is 31.9 Å². The summed E-state index contributed by atoms with van der Waals surface area (Å²) in [5.74, 6) is 1.92. The molecule has 1 heterocycles. The van der Waals surface area contributed by atoms with E-state index in [9.17, 15) is 0 Å². The number of nitrogens with two attached hydrogens (primary N) is 1. The van der Waals surface area contributed by atoms with Crippen molar-refractivity contribution in [3.05, 3.63) is 29.3 Å². The Morgan fingerprint density at radius 2 is 2.10 bits per heavy atom. The van der Waals surface area contributed by atoms with Gasteiger partial charge in [0.25, 0.3) is 0 Å². The first-order valence-electron chi connectivity index (χ1n) is 6.40. The maximum Gasteiger partial charge on any atom is 0.205 e. The van der Waals surface area contributed by atoms with Crippen LogP contribution in [-0.4, -0.2) is 33.4 Å². The van der Waals surface area contributed by atoms with Crippen molar-refractivity contribution in [1.29, 1.82) is 0 Å². The van der Waals surface area contributed by atoms with Gasteiger partial charge in [0.2, 0.25) is 5.75 Å². The van der Waals surface area contributed by atoms with Gasteiger partial charge in [0.05, 0.1) is 12.1 Å². The summed E-state index contributed by atoms with van der Waals surface area (Å²) in [5.41, 5.74) is 0.976. The molecule has 0 amide bonds. The zero-order valence-electron chi connectivity index (χ0n) is 11.5. The molecular formula is C14H19Cl2NO3. The molecule has 1 aromatic rings. The Morgan fingerprint density at radius 3 is 2.75 bits per heavy atom. The molecule has 0 atom stereocenters. The van der Waals surface area contributed by atoms with Crippen LogP contribution in [0.1, 0.15) is 5.56 Å². The number of halogens is 2. The molecule has 20 heavy (non-hydrogen) atoms. The van der Waals surface area contributed by atoms with E-state index in [4.69, 9.17) is 25.8 Å². The van der Waals surface area contributed by atoms with E-state index in [-0.39, 0.29) is 12.4 Å². The predicted molar refractivity (Wildman–Crippen MR) is 74.6 cm³/mol. The van der Waals surface area contributed by atoms with Crippen LogP contribution in [0.4, 0.5) is 0 Å². The lowest BCUT2D eigenvalue weighted by atomic mass is 10.1. The first-order valence-corrected chi connectivity index (χ1v) is 6.78. The molecule has 1 aromatic carbocycles. The summed E-state index contributed by atoms with van der Waals surface area (Å²) in [5, 5.41) is 2.60. The molecule has 0 unspecified atom stereocenters. The average molecular weight is 320 g/mol. The van der Waals surface area contributed by atoms with Crippen molar-refractivity contribution in [3.8, 4) is 17.2 Å². The number of fused-ring (bicyclic) bond motifs is 1. The van der Waals surface area contributed by atoms with Crippen molar-refractivity contribution in [2.45, 2.75) is 6.42 Å². The van der Waals surface area contributed by atoms with Crippen molar-refractivity contribution in [2.24, 2.45) is 0 Å². The van der Waals surface area contributed by atoms with Gasteiger partial charge in [-0.1, -0.05) is 17.7 Å². The number of allylic oxidation sites excluding steroid dienone is 1. The fourth-order valence-electron chi connectivity index (χ4n) is 1.94. The fraction of sp³-hybridized carbons (Fsp3) is 0.429. The fourth-order valence-corrected chi connectivity index (χ4v) is 2.21. The molecule has 0 saturated heterocycles. The van der Waals surface area contributed by atoms with Crippen LogP contribution < -0.4 is 31.9 Å². The molecule has 0 aliphatic carbocycles. The van der Waals surface area contributed by atoms with E-state index in [1.54, 1.807) is 0 Å². The predicted octanol–water partition coefficient (Wildman–Crippen LogP) is -1.58. The summed E-state index contributed by atoms with van der Waals surface area (Å²) >= 11 is 6.28. The first kappa shape index (κ1) is 17.0. The van der Waals surface area contributed by atoms with Crippen molar-refractivity contribution in [1.82, 2.24) is 0 Å². The zero-order chi connectivity index (χ0) is 13.7. The number of ether oxygens (including phenoxy) is 3. The number of hydrogen-bond acceptors (Lipinski definition) is 3. The smallest absolute Gasteiger partial charge is 0.205 e. The van der Waals surface area contributed by atoms with Crippen LogP contribution in [0.25, 0.3) is 0 Å². The maximum absolute atomic E-state index is 6.28. The SMILES string of the molecule is C=CCc1cc(Cl)c(OCC[NH2+]C)c2c1OCCO2.[Cl-]. The van der Waals surface area contributed by atoms with E-state index < -0.39 is 0 Å². The standard InChI is InChI=1S/C14H18ClNO3.ClH/c1-3-4-10-9-11(15)13(17-6-5-16-2)14-12(10)18-7-8-19-14;/h3,9,16H,1,4-8H2,2H3;1H. The summed E-state index contributed by atoms with van der Waals surface area (Å²) < 4.78 is 17.1. The van der Waals surface area contributed by atoms with E-state index >= 15 is 0 Å². The minimum Gasteiger partial charge on any atom is -1.00 e. The van der Waals surface area contributed by atoms with Crippen LogP contribution in [0, 0.1) is 0 Å². The number of likely N-dealkylation sites (N-methyl/N-ethyl adjacent to an activating group) is 1. The molecule has 4 nitrogen and oxygen atoms in total. The second-order valence-corrected chi connectivity index (χ2v) is 4.65. The van der Waals surface area contributed by atoms with E-state index in [0.717, 1.165) is 17.9 Å². The Kier molecular flexibility index (Phi) is 6.99. The van der Waals surface area contributed by atoms with Crippen LogP contribution >= 0.6 is 11.6 Å². The highest BCUT2D eigenvalue weighted by atomic mass is 35.5. The lowest BCUT2D eigenvalue weighted by molar-refractivity contribution is -0.627. The zero-order valence-corrected chi connectivity index (χ0v) is 13.0. The lowest BCUT2D eigenvalue weighted by Gasteiger charge is -2.24. The molecule has 0 spiro atoms. The number of hydrogen-bond donors (Lipinski definition) is 1. The Morgan fingerprint density at radius 1 is 1.40 bits per heavy atom. The molecular weight excluding hydrogens is 301 g/mol. The van der Waals surface area contributed by atoms with Gasteiger partial charge in [-0.15, -0.1) is 6.58 Å². The van der Waals surface area contributed by atoms with Crippen molar-refractivity contribution in [2.75, 3.05) is 33.4 Å². The molecule has 2 rings (SSSR count). The minimum atomic E-state index is 0. The monoisotopic (exact) mass is 319 g/mol. The molecule has 0 aromatic heterocycles. The second-order valence-electron chi connectivity index (χ2n) is 4.24. The number of rotatable bonds is 6. The summed E-state index contributed by atoms with van der Waals surface area (Å²) in [4.78, 5) is 0. The Labute approximate surface area is 130 Å². The highest BCUT2D eigenvalue weighted by molar-refractivity contribution is 6.32. The van der Waals surface area contributed by atoms with Crippen LogP contribution in [0.3, 0.4) is 0 Å². The van der Waals surface area contributed by atoms with Gasteiger partial charge in [-0.25, -0.2) is 0 Å². The van der Waals surface area contributed by atoms with E-state index in [2.05, 4.69) is 6.58 Å². The third-order valence-corrected chi connectivity index (χ3v) is 3.10. The molecule has 1 aliphatic heterocycles. The normalized spacial score (nSPS) is 12.5. The quantitative estimate of drug-likeness (QED) is 0.508. The van der Waals surface area contributed by atoms with Crippen LogP contribution in [-0.2, 0) is 6.42 Å². The van der Waals surface area contributed by atoms with E-state index in [0.29, 0.717) is 42.8 Å². The Balaban J connectivity index is 0.00000200. The third-order valence-electron chi connectivity index (χ3n) is 2.82. The van der Waals surface area contributed by atoms with Gasteiger partial charge in [-0.2, -0.15) is 0 Å². The maximum atomic E-state index is 6.28. The third kappa shape index (κ3) is 3.72. The highest BCUT2D eigenvalue weighted by Crippen LogP contribution is 2.46. The van der Waals surface area contributed by atoms with Gasteiger partial charge in [0.15, 0.2) is 11.5 Å². The van der Waals surface area contributed by atoms with Gasteiger partial charge in [0, 0.05) is 5.56 Å². The van der Waals surface area contributed by atoms with Crippen LogP contribution in [0.15, 0.2) is 18.7 Å². The van der Waals surface area contributed by atoms with Crippen molar-refractivity contribution >= 4 is 11.6 Å². The molecule has 0 radical (unpaired) electrons. The average Bonchev–Trinajstić information content (AvgIpc) is 2.42. The molecule has 1 aliphatic rings. The van der Waals surface area contributed by atoms with Crippen LogP contribution in [0.5, 0.6) is 17.2 Å². The molecule has 0 fully saturated rings. The molecule has 112 valence electrons. The Bertz CT molecular complexity index is 466.